The van der Waals surface area contributed by atoms with E-state index in [1.54, 1.807) is 42.3 Å². The van der Waals surface area contributed by atoms with Crippen LogP contribution in [0.2, 0.25) is 0 Å². The van der Waals surface area contributed by atoms with Gasteiger partial charge in [-0.3, -0.25) is 4.79 Å². The third-order valence-corrected chi connectivity index (χ3v) is 3.93. The zero-order valence-corrected chi connectivity index (χ0v) is 13.9. The molecule has 1 aromatic carbocycles. The summed E-state index contributed by atoms with van der Waals surface area (Å²) < 4.78 is 16.1. The molecule has 0 spiro atoms. The summed E-state index contributed by atoms with van der Waals surface area (Å²) in [5.41, 5.74) is 0.961. The molecule has 1 fully saturated rings. The van der Waals surface area contributed by atoms with Crippen LogP contribution < -0.4 is 14.2 Å². The van der Waals surface area contributed by atoms with Gasteiger partial charge in [-0.05, 0) is 18.2 Å². The molecule has 0 atom stereocenters. The molecule has 1 aromatic heterocycles. The first-order valence-electron chi connectivity index (χ1n) is 7.68. The van der Waals surface area contributed by atoms with Crippen LogP contribution in [0.4, 0.5) is 0 Å². The first kappa shape index (κ1) is 16.6. The monoisotopic (exact) mass is 339 g/mol. The number of carbonyl (C=O) groups excluding carboxylic acids is 1. The van der Waals surface area contributed by atoms with Crippen molar-refractivity contribution in [3.8, 4) is 23.4 Å². The first-order chi connectivity index (χ1) is 12.1. The topological polar surface area (TPSA) is 84.7 Å². The number of rotatable bonds is 5. The summed E-state index contributed by atoms with van der Waals surface area (Å²) in [5, 5.41) is 8.75. The molecule has 1 saturated heterocycles. The Morgan fingerprint density at radius 1 is 1.24 bits per heavy atom. The van der Waals surface area contributed by atoms with E-state index in [0.717, 1.165) is 0 Å². The molecule has 0 radical (unpaired) electrons. The van der Waals surface area contributed by atoms with Crippen LogP contribution in [0.25, 0.3) is 0 Å². The van der Waals surface area contributed by atoms with Gasteiger partial charge in [-0.15, -0.1) is 0 Å². The number of hydrogen-bond donors (Lipinski definition) is 0. The molecule has 25 heavy (non-hydrogen) atoms. The molecule has 1 aliphatic rings. The fourth-order valence-corrected chi connectivity index (χ4v) is 2.51. The highest BCUT2D eigenvalue weighted by Gasteiger charge is 2.34. The molecule has 1 aliphatic heterocycles. The number of nitrogens with zero attached hydrogens (tertiary/aromatic N) is 3. The smallest absolute Gasteiger partial charge is 0.257 e. The number of likely N-dealkylation sites (tertiary alicyclic amines) is 1. The summed E-state index contributed by atoms with van der Waals surface area (Å²) in [6, 6.07) is 10.4. The highest BCUT2D eigenvalue weighted by Crippen LogP contribution is 2.27. The lowest BCUT2D eigenvalue weighted by Gasteiger charge is -2.38. The summed E-state index contributed by atoms with van der Waals surface area (Å²) in [5.74, 6) is 1.43. The number of carbonyl (C=O) groups is 1. The molecule has 2 aromatic rings. The Morgan fingerprint density at radius 2 is 2.04 bits per heavy atom. The Labute approximate surface area is 145 Å². The van der Waals surface area contributed by atoms with Gasteiger partial charge in [0.2, 0.25) is 5.88 Å². The minimum absolute atomic E-state index is 0.117. The van der Waals surface area contributed by atoms with Gasteiger partial charge in [-0.1, -0.05) is 0 Å². The molecule has 0 bridgehead atoms. The van der Waals surface area contributed by atoms with Gasteiger partial charge in [0.25, 0.3) is 5.91 Å². The predicted octanol–water partition coefficient (Wildman–Crippen LogP) is 1.87. The van der Waals surface area contributed by atoms with Crippen LogP contribution in [0.15, 0.2) is 36.5 Å². The number of hydrogen-bond acceptors (Lipinski definition) is 6. The largest absolute Gasteiger partial charge is 0.497 e. The van der Waals surface area contributed by atoms with E-state index in [0.29, 0.717) is 41.6 Å². The zero-order chi connectivity index (χ0) is 17.8. The van der Waals surface area contributed by atoms with Crippen molar-refractivity contribution >= 4 is 5.91 Å². The van der Waals surface area contributed by atoms with Crippen LogP contribution in [0, 0.1) is 11.3 Å². The average Bonchev–Trinajstić information content (AvgIpc) is 2.63. The highest BCUT2D eigenvalue weighted by molar-refractivity contribution is 5.97. The zero-order valence-electron chi connectivity index (χ0n) is 13.9. The molecule has 128 valence electrons. The second-order valence-electron chi connectivity index (χ2n) is 5.51. The van der Waals surface area contributed by atoms with Crippen LogP contribution in [0.3, 0.4) is 0 Å². The van der Waals surface area contributed by atoms with Gasteiger partial charge in [0.1, 0.15) is 23.7 Å². The fourth-order valence-electron chi connectivity index (χ4n) is 2.51. The van der Waals surface area contributed by atoms with Crippen molar-refractivity contribution in [2.45, 2.75) is 6.10 Å². The van der Waals surface area contributed by atoms with Gasteiger partial charge >= 0.3 is 0 Å². The third kappa shape index (κ3) is 3.48. The minimum Gasteiger partial charge on any atom is -0.497 e. The lowest BCUT2D eigenvalue weighted by atomic mass is 10.1. The minimum atomic E-state index is -0.118. The number of nitriles is 1. The summed E-state index contributed by atoms with van der Waals surface area (Å²) >= 11 is 0. The van der Waals surface area contributed by atoms with Gasteiger partial charge in [0, 0.05) is 18.3 Å². The lowest BCUT2D eigenvalue weighted by Crippen LogP contribution is -2.56. The molecular formula is C18H17N3O4. The molecule has 0 aliphatic carbocycles. The van der Waals surface area contributed by atoms with Crippen molar-refractivity contribution < 1.29 is 19.0 Å². The quantitative estimate of drug-likeness (QED) is 0.827. The molecule has 0 N–H and O–H groups in total. The predicted molar refractivity (Wildman–Crippen MR) is 88.8 cm³/mol. The second kappa shape index (κ2) is 7.09. The van der Waals surface area contributed by atoms with Gasteiger partial charge in [0.15, 0.2) is 0 Å². The Kier molecular flexibility index (Phi) is 4.70. The van der Waals surface area contributed by atoms with E-state index in [1.807, 2.05) is 6.07 Å². The van der Waals surface area contributed by atoms with Crippen molar-refractivity contribution in [3.63, 3.8) is 0 Å². The number of amides is 1. The molecule has 1 amide bonds. The molecule has 0 unspecified atom stereocenters. The van der Waals surface area contributed by atoms with Gasteiger partial charge in [-0.2, -0.15) is 5.26 Å². The lowest BCUT2D eigenvalue weighted by molar-refractivity contribution is 0.0158. The molecule has 0 saturated carbocycles. The normalized spacial score (nSPS) is 13.6. The van der Waals surface area contributed by atoms with E-state index in [2.05, 4.69) is 4.98 Å². The SMILES string of the molecule is COc1ccc(C(=O)N2CC(Oc3ccc(C#N)cn3)C2)c(OC)c1. The maximum Gasteiger partial charge on any atom is 0.257 e. The van der Waals surface area contributed by atoms with Crippen molar-refractivity contribution in [2.75, 3.05) is 27.3 Å². The van der Waals surface area contributed by atoms with Crippen LogP contribution >= 0.6 is 0 Å². The maximum atomic E-state index is 12.6. The van der Waals surface area contributed by atoms with E-state index in [9.17, 15) is 4.79 Å². The highest BCUT2D eigenvalue weighted by atomic mass is 16.5. The fraction of sp³-hybridized carbons (Fsp3) is 0.278. The van der Waals surface area contributed by atoms with Gasteiger partial charge in [-0.25, -0.2) is 4.98 Å². The molecule has 7 nitrogen and oxygen atoms in total. The van der Waals surface area contributed by atoms with Crippen LogP contribution in [-0.4, -0.2) is 49.2 Å². The van der Waals surface area contributed by atoms with Gasteiger partial charge < -0.3 is 19.1 Å². The summed E-state index contributed by atoms with van der Waals surface area (Å²) in [4.78, 5) is 18.3. The molecular weight excluding hydrogens is 322 g/mol. The van der Waals surface area contributed by atoms with Crippen LogP contribution in [0.5, 0.6) is 17.4 Å². The number of pyridine rings is 1. The van der Waals surface area contributed by atoms with Crippen molar-refractivity contribution in [1.82, 2.24) is 9.88 Å². The van der Waals surface area contributed by atoms with E-state index in [-0.39, 0.29) is 12.0 Å². The maximum absolute atomic E-state index is 12.6. The summed E-state index contributed by atoms with van der Waals surface area (Å²) in [7, 11) is 3.08. The van der Waals surface area contributed by atoms with Crippen LogP contribution in [0.1, 0.15) is 15.9 Å². The Morgan fingerprint density at radius 3 is 2.64 bits per heavy atom. The molecule has 2 heterocycles. The average molecular weight is 339 g/mol. The van der Waals surface area contributed by atoms with E-state index in [1.165, 1.54) is 13.3 Å². The van der Waals surface area contributed by atoms with Crippen LogP contribution in [-0.2, 0) is 0 Å². The van der Waals surface area contributed by atoms with E-state index >= 15 is 0 Å². The first-order valence-corrected chi connectivity index (χ1v) is 7.68. The Bertz CT molecular complexity index is 808. The number of benzene rings is 1. The second-order valence-corrected chi connectivity index (χ2v) is 5.51. The van der Waals surface area contributed by atoms with Crippen molar-refractivity contribution in [2.24, 2.45) is 0 Å². The Balaban J connectivity index is 1.60. The van der Waals surface area contributed by atoms with E-state index in [4.69, 9.17) is 19.5 Å². The van der Waals surface area contributed by atoms with Gasteiger partial charge in [0.05, 0.1) is 38.4 Å². The molecule has 7 heteroatoms. The van der Waals surface area contributed by atoms with E-state index < -0.39 is 0 Å². The number of ether oxygens (including phenoxy) is 3. The van der Waals surface area contributed by atoms with Crippen molar-refractivity contribution in [1.29, 1.82) is 5.26 Å². The number of aromatic nitrogens is 1. The summed E-state index contributed by atoms with van der Waals surface area (Å²) in [6.07, 6.45) is 1.34. The Hall–Kier alpha value is -3.27. The third-order valence-electron chi connectivity index (χ3n) is 3.93. The molecule has 3 rings (SSSR count). The summed E-state index contributed by atoms with van der Waals surface area (Å²) in [6.45, 7) is 0.936. The van der Waals surface area contributed by atoms with Crippen molar-refractivity contribution in [3.05, 3.63) is 47.7 Å². The number of methoxy groups -OCH3 is 2. The standard InChI is InChI=1S/C18H17N3O4/c1-23-13-4-5-15(16(7-13)24-2)18(22)21-10-14(11-21)25-17-6-3-12(8-19)9-20-17/h3-7,9,14H,10-11H2,1-2H3.